The van der Waals surface area contributed by atoms with Crippen LogP contribution < -0.4 is 10.1 Å². The molecule has 0 bridgehead atoms. The van der Waals surface area contributed by atoms with Gasteiger partial charge in [0, 0.05) is 11.1 Å². The molecule has 3 aromatic carbocycles. The number of nitrogens with zero attached hydrogens (tertiary/aromatic N) is 1. The van der Waals surface area contributed by atoms with Crippen molar-refractivity contribution in [1.29, 1.82) is 5.26 Å². The van der Waals surface area contributed by atoms with Crippen molar-refractivity contribution < 1.29 is 9.53 Å². The molecule has 0 saturated carbocycles. The summed E-state index contributed by atoms with van der Waals surface area (Å²) in [5.74, 6) is 0.316. The molecule has 0 aliphatic rings. The number of amides is 1. The number of nitriles is 1. The van der Waals surface area contributed by atoms with Crippen LogP contribution in [0.3, 0.4) is 0 Å². The van der Waals surface area contributed by atoms with Gasteiger partial charge in [-0.1, -0.05) is 48.0 Å². The molecule has 128 valence electrons. The lowest BCUT2D eigenvalue weighted by atomic mass is 10.0. The van der Waals surface area contributed by atoms with E-state index in [2.05, 4.69) is 5.32 Å². The summed E-state index contributed by atoms with van der Waals surface area (Å²) >= 11 is 0. The highest BCUT2D eigenvalue weighted by Crippen LogP contribution is 2.29. The molecule has 0 aliphatic heterocycles. The molecule has 3 aromatic rings. The first-order valence-corrected chi connectivity index (χ1v) is 8.18. The second-order valence-electron chi connectivity index (χ2n) is 5.89. The molecule has 0 spiro atoms. The van der Waals surface area contributed by atoms with Gasteiger partial charge in [-0.25, -0.2) is 0 Å². The molecule has 0 atom stereocenters. The van der Waals surface area contributed by atoms with Crippen molar-refractivity contribution in [2.45, 2.75) is 6.92 Å². The molecule has 1 N–H and O–H groups in total. The Morgan fingerprint density at radius 1 is 1.04 bits per heavy atom. The van der Waals surface area contributed by atoms with E-state index in [1.807, 2.05) is 73.7 Å². The van der Waals surface area contributed by atoms with Gasteiger partial charge in [0.15, 0.2) is 0 Å². The number of aryl methyl sites for hydroxylation is 1. The van der Waals surface area contributed by atoms with E-state index in [-0.39, 0.29) is 5.57 Å². The SMILES string of the molecule is COc1ccc(C=C(C#N)C(=O)Nc2ccc(C)cc2)c2ccccc12. The van der Waals surface area contributed by atoms with Crippen LogP contribution in [0.4, 0.5) is 5.69 Å². The Bertz CT molecular complexity index is 1030. The minimum Gasteiger partial charge on any atom is -0.496 e. The van der Waals surface area contributed by atoms with E-state index in [1.165, 1.54) is 0 Å². The highest BCUT2D eigenvalue weighted by atomic mass is 16.5. The van der Waals surface area contributed by atoms with Crippen LogP contribution in [-0.2, 0) is 4.79 Å². The summed E-state index contributed by atoms with van der Waals surface area (Å²) < 4.78 is 5.38. The summed E-state index contributed by atoms with van der Waals surface area (Å²) in [5.41, 5.74) is 2.59. The topological polar surface area (TPSA) is 62.1 Å². The molecule has 3 rings (SSSR count). The van der Waals surface area contributed by atoms with E-state index in [1.54, 1.807) is 13.2 Å². The number of benzene rings is 3. The Balaban J connectivity index is 1.97. The zero-order valence-corrected chi connectivity index (χ0v) is 14.6. The lowest BCUT2D eigenvalue weighted by molar-refractivity contribution is -0.112. The molecule has 0 radical (unpaired) electrons. The number of nitrogens with one attached hydrogen (secondary N) is 1. The Labute approximate surface area is 152 Å². The third-order valence-corrected chi connectivity index (χ3v) is 4.11. The number of rotatable bonds is 4. The van der Waals surface area contributed by atoms with Crippen LogP contribution in [0.2, 0.25) is 0 Å². The maximum absolute atomic E-state index is 12.5. The molecule has 0 aliphatic carbocycles. The smallest absolute Gasteiger partial charge is 0.266 e. The summed E-state index contributed by atoms with van der Waals surface area (Å²) in [6, 6.07) is 20.8. The molecule has 4 heteroatoms. The quantitative estimate of drug-likeness (QED) is 0.552. The first kappa shape index (κ1) is 17.2. The first-order valence-electron chi connectivity index (χ1n) is 8.18. The summed E-state index contributed by atoms with van der Waals surface area (Å²) in [4.78, 5) is 12.5. The van der Waals surface area contributed by atoms with Gasteiger partial charge in [0.05, 0.1) is 7.11 Å². The largest absolute Gasteiger partial charge is 0.496 e. The third-order valence-electron chi connectivity index (χ3n) is 4.11. The Kier molecular flexibility index (Phi) is 5.00. The van der Waals surface area contributed by atoms with Crippen LogP contribution in [0.15, 0.2) is 66.2 Å². The first-order chi connectivity index (χ1) is 12.6. The zero-order chi connectivity index (χ0) is 18.5. The minimum absolute atomic E-state index is 0.0425. The van der Waals surface area contributed by atoms with Crippen LogP contribution in [0.5, 0.6) is 5.75 Å². The molecule has 0 aromatic heterocycles. The predicted molar refractivity (Wildman–Crippen MR) is 104 cm³/mol. The fraction of sp³-hybridized carbons (Fsp3) is 0.0909. The Hall–Kier alpha value is -3.58. The van der Waals surface area contributed by atoms with Gasteiger partial charge in [0.25, 0.3) is 5.91 Å². The highest BCUT2D eigenvalue weighted by molar-refractivity contribution is 6.11. The molecular formula is C22H18N2O2. The second-order valence-corrected chi connectivity index (χ2v) is 5.89. The number of carbonyl (C=O) groups is 1. The van der Waals surface area contributed by atoms with Gasteiger partial charge in [0.1, 0.15) is 17.4 Å². The van der Waals surface area contributed by atoms with Crippen molar-refractivity contribution in [2.24, 2.45) is 0 Å². The number of fused-ring (bicyclic) bond motifs is 1. The van der Waals surface area contributed by atoms with Crippen molar-refractivity contribution >= 4 is 28.4 Å². The predicted octanol–water partition coefficient (Wildman–Crippen LogP) is 4.70. The van der Waals surface area contributed by atoms with Crippen LogP contribution in [-0.4, -0.2) is 13.0 Å². The average Bonchev–Trinajstić information content (AvgIpc) is 2.67. The number of anilines is 1. The van der Waals surface area contributed by atoms with E-state index < -0.39 is 5.91 Å². The van der Waals surface area contributed by atoms with Crippen molar-refractivity contribution in [3.63, 3.8) is 0 Å². The van der Waals surface area contributed by atoms with Crippen molar-refractivity contribution in [1.82, 2.24) is 0 Å². The lowest BCUT2D eigenvalue weighted by Gasteiger charge is -2.09. The molecule has 0 unspecified atom stereocenters. The van der Waals surface area contributed by atoms with E-state index in [9.17, 15) is 10.1 Å². The van der Waals surface area contributed by atoms with E-state index in [0.717, 1.165) is 27.6 Å². The fourth-order valence-electron chi connectivity index (χ4n) is 2.74. The van der Waals surface area contributed by atoms with Gasteiger partial charge in [0.2, 0.25) is 0 Å². The van der Waals surface area contributed by atoms with Gasteiger partial charge in [-0.2, -0.15) is 5.26 Å². The van der Waals surface area contributed by atoms with Gasteiger partial charge in [-0.15, -0.1) is 0 Å². The number of ether oxygens (including phenoxy) is 1. The Morgan fingerprint density at radius 3 is 2.38 bits per heavy atom. The van der Waals surface area contributed by atoms with Crippen molar-refractivity contribution in [3.05, 3.63) is 77.4 Å². The van der Waals surface area contributed by atoms with Crippen LogP contribution in [0.25, 0.3) is 16.8 Å². The fourth-order valence-corrected chi connectivity index (χ4v) is 2.74. The number of carbonyl (C=O) groups excluding carboxylic acids is 1. The van der Waals surface area contributed by atoms with Gasteiger partial charge < -0.3 is 10.1 Å². The average molecular weight is 342 g/mol. The molecule has 0 saturated heterocycles. The second kappa shape index (κ2) is 7.54. The van der Waals surface area contributed by atoms with Gasteiger partial charge in [-0.3, -0.25) is 4.79 Å². The molecule has 1 amide bonds. The summed E-state index contributed by atoms with van der Waals surface area (Å²) in [5, 5.41) is 14.1. The summed E-state index contributed by atoms with van der Waals surface area (Å²) in [6.07, 6.45) is 1.60. The summed E-state index contributed by atoms with van der Waals surface area (Å²) in [7, 11) is 1.62. The monoisotopic (exact) mass is 342 g/mol. The molecule has 26 heavy (non-hydrogen) atoms. The van der Waals surface area contributed by atoms with Gasteiger partial charge in [-0.05, 0) is 42.1 Å². The molecular weight excluding hydrogens is 324 g/mol. The number of hydrogen-bond acceptors (Lipinski definition) is 3. The number of methoxy groups -OCH3 is 1. The van der Waals surface area contributed by atoms with Crippen LogP contribution in [0, 0.1) is 18.3 Å². The van der Waals surface area contributed by atoms with Crippen LogP contribution in [0.1, 0.15) is 11.1 Å². The molecule has 0 heterocycles. The lowest BCUT2D eigenvalue weighted by Crippen LogP contribution is -2.13. The minimum atomic E-state index is -0.434. The highest BCUT2D eigenvalue weighted by Gasteiger charge is 2.11. The van der Waals surface area contributed by atoms with Crippen LogP contribution >= 0.6 is 0 Å². The Morgan fingerprint density at radius 2 is 1.73 bits per heavy atom. The maximum Gasteiger partial charge on any atom is 0.266 e. The van der Waals surface area contributed by atoms with Gasteiger partial charge >= 0.3 is 0 Å². The normalized spacial score (nSPS) is 11.0. The summed E-state index contributed by atoms with van der Waals surface area (Å²) in [6.45, 7) is 1.97. The van der Waals surface area contributed by atoms with Crippen molar-refractivity contribution in [2.75, 3.05) is 12.4 Å². The maximum atomic E-state index is 12.5. The molecule has 0 fully saturated rings. The van der Waals surface area contributed by atoms with Crippen molar-refractivity contribution in [3.8, 4) is 11.8 Å². The molecule has 4 nitrogen and oxygen atoms in total. The standard InChI is InChI=1S/C22H18N2O2/c1-15-7-10-18(11-8-15)24-22(25)17(14-23)13-16-9-12-21(26-2)20-6-4-3-5-19(16)20/h3-13H,1-2H3,(H,24,25). The zero-order valence-electron chi connectivity index (χ0n) is 14.6. The van der Waals surface area contributed by atoms with E-state index in [0.29, 0.717) is 5.69 Å². The number of hydrogen-bond donors (Lipinski definition) is 1. The third kappa shape index (κ3) is 3.57. The van der Waals surface area contributed by atoms with E-state index >= 15 is 0 Å². The van der Waals surface area contributed by atoms with E-state index in [4.69, 9.17) is 4.74 Å².